The molecule has 0 saturated carbocycles. The van der Waals surface area contributed by atoms with Gasteiger partial charge in [0.25, 0.3) is 0 Å². The second-order valence-electron chi connectivity index (χ2n) is 9.59. The third-order valence-electron chi connectivity index (χ3n) is 6.87. The molecule has 0 aliphatic heterocycles. The SMILES string of the molecule is CCC(CNC(=O)OCC1c2ccccc2-c2ccccc21)CC(=O)NCC(CC(=O)O)C(C)C. The maximum absolute atomic E-state index is 12.4. The van der Waals surface area contributed by atoms with Crippen molar-refractivity contribution in [1.29, 1.82) is 0 Å². The Labute approximate surface area is 207 Å². The van der Waals surface area contributed by atoms with Crippen molar-refractivity contribution in [3.05, 3.63) is 59.7 Å². The highest BCUT2D eigenvalue weighted by molar-refractivity contribution is 5.79. The van der Waals surface area contributed by atoms with Gasteiger partial charge in [-0.2, -0.15) is 0 Å². The number of rotatable bonds is 12. The summed E-state index contributed by atoms with van der Waals surface area (Å²) in [5.74, 6) is -0.994. The highest BCUT2D eigenvalue weighted by Gasteiger charge is 2.29. The summed E-state index contributed by atoms with van der Waals surface area (Å²) in [5.41, 5.74) is 4.67. The van der Waals surface area contributed by atoms with E-state index in [0.717, 1.165) is 17.5 Å². The first-order valence-electron chi connectivity index (χ1n) is 12.4. The van der Waals surface area contributed by atoms with Crippen molar-refractivity contribution in [2.75, 3.05) is 19.7 Å². The fourth-order valence-corrected chi connectivity index (χ4v) is 4.59. The Morgan fingerprint density at radius 2 is 1.51 bits per heavy atom. The van der Waals surface area contributed by atoms with E-state index in [0.29, 0.717) is 13.1 Å². The van der Waals surface area contributed by atoms with E-state index in [9.17, 15) is 14.4 Å². The second kappa shape index (κ2) is 12.4. The van der Waals surface area contributed by atoms with Gasteiger partial charge in [-0.3, -0.25) is 9.59 Å². The lowest BCUT2D eigenvalue weighted by Crippen LogP contribution is -2.36. The molecule has 0 spiro atoms. The monoisotopic (exact) mass is 480 g/mol. The van der Waals surface area contributed by atoms with Crippen molar-refractivity contribution in [3.8, 4) is 11.1 Å². The van der Waals surface area contributed by atoms with Gasteiger partial charge in [0.05, 0.1) is 6.42 Å². The van der Waals surface area contributed by atoms with Crippen LogP contribution in [0.5, 0.6) is 0 Å². The van der Waals surface area contributed by atoms with Crippen LogP contribution in [-0.2, 0) is 14.3 Å². The molecule has 0 aromatic heterocycles. The van der Waals surface area contributed by atoms with Gasteiger partial charge in [0.15, 0.2) is 0 Å². The van der Waals surface area contributed by atoms with Crippen LogP contribution in [0, 0.1) is 17.8 Å². The lowest BCUT2D eigenvalue weighted by atomic mass is 9.92. The van der Waals surface area contributed by atoms with Gasteiger partial charge in [-0.25, -0.2) is 4.79 Å². The number of amides is 2. The minimum absolute atomic E-state index is 0.000560. The standard InChI is InChI=1S/C28H36N2O5/c1-4-19(13-26(31)29-16-20(18(2)3)14-27(32)33)15-30-28(34)35-17-25-23-11-7-5-9-21(23)22-10-6-8-12-24(22)25/h5-12,18-20,25H,4,13-17H2,1-3H3,(H,29,31)(H,30,34)(H,32,33). The van der Waals surface area contributed by atoms with E-state index in [4.69, 9.17) is 9.84 Å². The molecule has 0 heterocycles. The summed E-state index contributed by atoms with van der Waals surface area (Å²) in [4.78, 5) is 35.9. The Hall–Kier alpha value is -3.35. The number of aliphatic carboxylic acids is 1. The summed E-state index contributed by atoms with van der Waals surface area (Å²) in [5, 5.41) is 14.7. The second-order valence-corrected chi connectivity index (χ2v) is 9.59. The number of nitrogens with one attached hydrogen (secondary N) is 2. The quantitative estimate of drug-likeness (QED) is 0.405. The summed E-state index contributed by atoms with van der Waals surface area (Å²) >= 11 is 0. The number of benzene rings is 2. The number of carboxylic acid groups (broad SMARTS) is 1. The molecule has 0 saturated heterocycles. The molecule has 2 aromatic rings. The number of carbonyl (C=O) groups is 3. The maximum Gasteiger partial charge on any atom is 0.407 e. The maximum atomic E-state index is 12.4. The van der Waals surface area contributed by atoms with Crippen molar-refractivity contribution in [1.82, 2.24) is 10.6 Å². The number of carbonyl (C=O) groups excluding carboxylic acids is 2. The highest BCUT2D eigenvalue weighted by atomic mass is 16.5. The van der Waals surface area contributed by atoms with Gasteiger partial charge in [0.1, 0.15) is 6.61 Å². The Morgan fingerprint density at radius 1 is 0.914 bits per heavy atom. The molecule has 2 amide bonds. The van der Waals surface area contributed by atoms with Gasteiger partial charge in [0.2, 0.25) is 5.91 Å². The number of ether oxygens (including phenoxy) is 1. The van der Waals surface area contributed by atoms with Crippen LogP contribution in [0.3, 0.4) is 0 Å². The predicted octanol–water partition coefficient (Wildman–Crippen LogP) is 4.80. The lowest BCUT2D eigenvalue weighted by molar-refractivity contribution is -0.138. The number of hydrogen-bond donors (Lipinski definition) is 3. The third kappa shape index (κ3) is 7.07. The van der Waals surface area contributed by atoms with E-state index in [-0.39, 0.29) is 49.0 Å². The Morgan fingerprint density at radius 3 is 2.06 bits per heavy atom. The molecule has 188 valence electrons. The van der Waals surface area contributed by atoms with Crippen LogP contribution >= 0.6 is 0 Å². The van der Waals surface area contributed by atoms with Gasteiger partial charge in [-0.05, 0) is 40.0 Å². The molecule has 0 bridgehead atoms. The molecular formula is C28H36N2O5. The number of fused-ring (bicyclic) bond motifs is 3. The van der Waals surface area contributed by atoms with Gasteiger partial charge in [-0.15, -0.1) is 0 Å². The Bertz CT molecular complexity index is 990. The van der Waals surface area contributed by atoms with Crippen molar-refractivity contribution in [2.24, 2.45) is 17.8 Å². The predicted molar refractivity (Wildman–Crippen MR) is 135 cm³/mol. The molecule has 35 heavy (non-hydrogen) atoms. The fraction of sp³-hybridized carbons (Fsp3) is 0.464. The van der Waals surface area contributed by atoms with E-state index < -0.39 is 12.1 Å². The largest absolute Gasteiger partial charge is 0.481 e. The molecule has 7 heteroatoms. The molecule has 0 fully saturated rings. The molecule has 3 rings (SSSR count). The summed E-state index contributed by atoms with van der Waals surface area (Å²) in [7, 11) is 0. The minimum Gasteiger partial charge on any atom is -0.481 e. The minimum atomic E-state index is -0.864. The van der Waals surface area contributed by atoms with Gasteiger partial charge in [-0.1, -0.05) is 75.7 Å². The highest BCUT2D eigenvalue weighted by Crippen LogP contribution is 2.44. The zero-order valence-corrected chi connectivity index (χ0v) is 20.8. The topological polar surface area (TPSA) is 105 Å². The van der Waals surface area contributed by atoms with Crippen LogP contribution in [0.2, 0.25) is 0 Å². The number of carboxylic acids is 1. The average molecular weight is 481 g/mol. The van der Waals surface area contributed by atoms with Crippen molar-refractivity contribution in [2.45, 2.75) is 46.0 Å². The van der Waals surface area contributed by atoms with Crippen LogP contribution < -0.4 is 10.6 Å². The molecule has 1 aliphatic carbocycles. The molecule has 2 unspecified atom stereocenters. The Balaban J connectivity index is 1.46. The van der Waals surface area contributed by atoms with Crippen LogP contribution in [0.15, 0.2) is 48.5 Å². The molecule has 7 nitrogen and oxygen atoms in total. The average Bonchev–Trinajstić information content (AvgIpc) is 3.16. The normalized spacial score (nSPS) is 14.1. The van der Waals surface area contributed by atoms with E-state index in [1.807, 2.05) is 45.0 Å². The number of hydrogen-bond acceptors (Lipinski definition) is 4. The first kappa shape index (κ1) is 26.3. The van der Waals surface area contributed by atoms with E-state index in [1.54, 1.807) is 0 Å². The fourth-order valence-electron chi connectivity index (χ4n) is 4.59. The van der Waals surface area contributed by atoms with Crippen LogP contribution in [0.1, 0.15) is 57.1 Å². The molecule has 2 aromatic carbocycles. The molecule has 3 N–H and O–H groups in total. The lowest BCUT2D eigenvalue weighted by Gasteiger charge is -2.21. The molecule has 1 aliphatic rings. The van der Waals surface area contributed by atoms with Crippen LogP contribution in [-0.4, -0.2) is 42.8 Å². The van der Waals surface area contributed by atoms with Crippen LogP contribution in [0.25, 0.3) is 11.1 Å². The molecule has 2 atom stereocenters. The molecular weight excluding hydrogens is 444 g/mol. The van der Waals surface area contributed by atoms with Gasteiger partial charge < -0.3 is 20.5 Å². The number of alkyl carbamates (subject to hydrolysis) is 1. The first-order valence-corrected chi connectivity index (χ1v) is 12.4. The van der Waals surface area contributed by atoms with E-state index in [2.05, 4.69) is 34.9 Å². The van der Waals surface area contributed by atoms with Crippen LogP contribution in [0.4, 0.5) is 4.79 Å². The van der Waals surface area contributed by atoms with Crippen molar-refractivity contribution < 1.29 is 24.2 Å². The van der Waals surface area contributed by atoms with Gasteiger partial charge in [0, 0.05) is 25.4 Å². The summed E-state index contributed by atoms with van der Waals surface area (Å²) < 4.78 is 5.58. The zero-order chi connectivity index (χ0) is 25.4. The van der Waals surface area contributed by atoms with E-state index >= 15 is 0 Å². The Kier molecular flexibility index (Phi) is 9.29. The first-order chi connectivity index (χ1) is 16.8. The summed E-state index contributed by atoms with van der Waals surface area (Å²) in [6.07, 6.45) is 0.517. The van der Waals surface area contributed by atoms with Gasteiger partial charge >= 0.3 is 12.1 Å². The third-order valence-corrected chi connectivity index (χ3v) is 6.87. The van der Waals surface area contributed by atoms with Crippen molar-refractivity contribution in [3.63, 3.8) is 0 Å². The summed E-state index contributed by atoms with van der Waals surface area (Å²) in [6.45, 7) is 6.79. The summed E-state index contributed by atoms with van der Waals surface area (Å²) in [6, 6.07) is 16.4. The zero-order valence-electron chi connectivity index (χ0n) is 20.8. The smallest absolute Gasteiger partial charge is 0.407 e. The van der Waals surface area contributed by atoms with Crippen molar-refractivity contribution >= 4 is 18.0 Å². The molecule has 0 radical (unpaired) electrons. The van der Waals surface area contributed by atoms with E-state index in [1.165, 1.54) is 11.1 Å².